The average Bonchev–Trinajstić information content (AvgIpc) is 3.51. The lowest BCUT2D eigenvalue weighted by molar-refractivity contribution is -0.274. The van der Waals surface area contributed by atoms with E-state index in [0.717, 1.165) is 35.1 Å². The number of nitrogens with two attached hydrogens (primary N) is 1. The summed E-state index contributed by atoms with van der Waals surface area (Å²) < 4.78 is 98.8. The van der Waals surface area contributed by atoms with Gasteiger partial charge in [0, 0.05) is 23.5 Å². The molecule has 0 unspecified atom stereocenters. The van der Waals surface area contributed by atoms with Crippen molar-refractivity contribution in [1.29, 1.82) is 0 Å². The molecule has 0 aliphatic rings. The largest absolute Gasteiger partial charge is 0.573 e. The molecule has 10 nitrogen and oxygen atoms in total. The van der Waals surface area contributed by atoms with E-state index in [1.807, 2.05) is 0 Å². The summed E-state index contributed by atoms with van der Waals surface area (Å²) in [7, 11) is 0. The van der Waals surface area contributed by atoms with Crippen LogP contribution in [-0.4, -0.2) is 41.6 Å². The van der Waals surface area contributed by atoms with E-state index in [9.17, 15) is 35.5 Å². The number of anilines is 2. The standard InChI is InChI=1S/C25H17F7N8O2/c1-12-17(5-13(7-34-12)20-6-18(24(27,28)29)21-22(33)35-11-37-40(20)21)23(41)38-15-8-36-39(10-15)9-14-4-16(2-3-19(14)26)42-25(30,31)32/h2-8,10-11H,9H2,1H3,(H,38,41)(H2,33,35,37). The third-order valence-corrected chi connectivity index (χ3v) is 5.99. The van der Waals surface area contributed by atoms with Crippen LogP contribution in [0.4, 0.5) is 42.2 Å². The maximum Gasteiger partial charge on any atom is 0.573 e. The molecule has 0 atom stereocenters. The number of alkyl halides is 6. The van der Waals surface area contributed by atoms with Gasteiger partial charge in [-0.25, -0.2) is 13.9 Å². The number of nitrogens with one attached hydrogen (secondary N) is 1. The summed E-state index contributed by atoms with van der Waals surface area (Å²) in [6, 6.07) is 4.67. The van der Waals surface area contributed by atoms with Crippen molar-refractivity contribution in [2.75, 3.05) is 11.1 Å². The molecule has 1 amide bonds. The lowest BCUT2D eigenvalue weighted by atomic mass is 10.1. The maximum atomic E-state index is 14.2. The Labute approximate surface area is 230 Å². The molecule has 3 N–H and O–H groups in total. The number of aryl methyl sites for hydroxylation is 1. The molecule has 4 aromatic heterocycles. The molecule has 5 rings (SSSR count). The Morgan fingerprint density at radius 3 is 2.52 bits per heavy atom. The van der Waals surface area contributed by atoms with Crippen molar-refractivity contribution in [3.63, 3.8) is 0 Å². The van der Waals surface area contributed by atoms with E-state index >= 15 is 0 Å². The van der Waals surface area contributed by atoms with Gasteiger partial charge in [-0.15, -0.1) is 13.2 Å². The zero-order valence-electron chi connectivity index (χ0n) is 21.1. The molecular formula is C25H17F7N8O2. The number of amides is 1. The number of nitrogens with zero attached hydrogens (tertiary/aromatic N) is 6. The summed E-state index contributed by atoms with van der Waals surface area (Å²) in [5, 5.41) is 10.4. The van der Waals surface area contributed by atoms with Gasteiger partial charge in [0.1, 0.15) is 23.4 Å². The highest BCUT2D eigenvalue weighted by Gasteiger charge is 2.36. The molecule has 218 valence electrons. The van der Waals surface area contributed by atoms with Crippen molar-refractivity contribution in [3.05, 3.63) is 83.5 Å². The third kappa shape index (κ3) is 5.79. The molecule has 4 heterocycles. The zero-order chi connectivity index (χ0) is 30.4. The summed E-state index contributed by atoms with van der Waals surface area (Å²) in [6.07, 6.45) is -4.94. The molecule has 0 bridgehead atoms. The first-order valence-corrected chi connectivity index (χ1v) is 11.7. The highest BCUT2D eigenvalue weighted by atomic mass is 19.4. The van der Waals surface area contributed by atoms with Crippen LogP contribution in [0.25, 0.3) is 16.8 Å². The predicted molar refractivity (Wildman–Crippen MR) is 133 cm³/mol. The normalized spacial score (nSPS) is 12.1. The summed E-state index contributed by atoms with van der Waals surface area (Å²) in [5.41, 5.74) is 4.49. The van der Waals surface area contributed by atoms with Gasteiger partial charge in [-0.1, -0.05) is 0 Å². The summed E-state index contributed by atoms with van der Waals surface area (Å²) >= 11 is 0. The number of pyridine rings is 1. The Bertz CT molecular complexity index is 1810. The minimum absolute atomic E-state index is 0.00818. The molecule has 0 radical (unpaired) electrons. The number of aromatic nitrogens is 6. The van der Waals surface area contributed by atoms with Gasteiger partial charge in [-0.3, -0.25) is 14.5 Å². The van der Waals surface area contributed by atoms with Gasteiger partial charge in [0.2, 0.25) is 0 Å². The second-order valence-corrected chi connectivity index (χ2v) is 8.89. The molecule has 0 saturated heterocycles. The molecule has 42 heavy (non-hydrogen) atoms. The average molecular weight is 594 g/mol. The van der Waals surface area contributed by atoms with Gasteiger partial charge in [-0.2, -0.15) is 23.4 Å². The van der Waals surface area contributed by atoms with Crippen LogP contribution in [0.3, 0.4) is 0 Å². The monoisotopic (exact) mass is 594 g/mol. The van der Waals surface area contributed by atoms with Crippen LogP contribution in [0.5, 0.6) is 5.75 Å². The van der Waals surface area contributed by atoms with Crippen LogP contribution in [-0.2, 0) is 12.7 Å². The minimum Gasteiger partial charge on any atom is -0.406 e. The lowest BCUT2D eigenvalue weighted by Crippen LogP contribution is -2.17. The van der Waals surface area contributed by atoms with E-state index in [2.05, 4.69) is 30.2 Å². The van der Waals surface area contributed by atoms with Crippen LogP contribution in [0.2, 0.25) is 0 Å². The molecule has 0 saturated carbocycles. The SMILES string of the molecule is Cc1ncc(-c2cc(C(F)(F)F)c3c(N)ncnn23)cc1C(=O)Nc1cnn(Cc2cc(OC(F)(F)F)ccc2F)c1. The molecular weight excluding hydrogens is 577 g/mol. The van der Waals surface area contributed by atoms with Gasteiger partial charge in [-0.05, 0) is 37.3 Å². The van der Waals surface area contributed by atoms with Crippen molar-refractivity contribution in [2.24, 2.45) is 0 Å². The summed E-state index contributed by atoms with van der Waals surface area (Å²) in [4.78, 5) is 20.9. The molecule has 17 heteroatoms. The first kappa shape index (κ1) is 28.3. The van der Waals surface area contributed by atoms with Crippen LogP contribution in [0.15, 0.2) is 55.2 Å². The number of carbonyl (C=O) groups excluding carboxylic acids is 1. The fourth-order valence-corrected chi connectivity index (χ4v) is 4.15. The predicted octanol–water partition coefficient (Wildman–Crippen LogP) is 5.24. The molecule has 1 aromatic carbocycles. The van der Waals surface area contributed by atoms with Crippen LogP contribution >= 0.6 is 0 Å². The Kier molecular flexibility index (Phi) is 6.95. The highest BCUT2D eigenvalue weighted by Crippen LogP contribution is 2.38. The lowest BCUT2D eigenvalue weighted by Gasteiger charge is -2.11. The zero-order valence-corrected chi connectivity index (χ0v) is 21.1. The van der Waals surface area contributed by atoms with Gasteiger partial charge >= 0.3 is 12.5 Å². The third-order valence-electron chi connectivity index (χ3n) is 5.99. The first-order valence-electron chi connectivity index (χ1n) is 11.7. The quantitative estimate of drug-likeness (QED) is 0.258. The van der Waals surface area contributed by atoms with E-state index in [4.69, 9.17) is 5.73 Å². The maximum absolute atomic E-state index is 14.2. The minimum atomic E-state index is -4.96. The van der Waals surface area contributed by atoms with Crippen LogP contribution in [0, 0.1) is 12.7 Å². The number of hydrogen-bond donors (Lipinski definition) is 2. The van der Waals surface area contributed by atoms with Crippen molar-refractivity contribution >= 4 is 22.9 Å². The second kappa shape index (κ2) is 10.3. The smallest absolute Gasteiger partial charge is 0.406 e. The molecule has 0 aliphatic carbocycles. The Balaban J connectivity index is 1.39. The number of halogens is 7. The number of carbonyl (C=O) groups is 1. The molecule has 5 aromatic rings. The van der Waals surface area contributed by atoms with E-state index in [0.29, 0.717) is 0 Å². The molecule has 0 aliphatic heterocycles. The van der Waals surface area contributed by atoms with Crippen molar-refractivity contribution in [2.45, 2.75) is 26.0 Å². The number of fused-ring (bicyclic) bond motifs is 1. The van der Waals surface area contributed by atoms with Gasteiger partial charge < -0.3 is 15.8 Å². The molecule has 0 fully saturated rings. The second-order valence-electron chi connectivity index (χ2n) is 8.89. The van der Waals surface area contributed by atoms with Crippen molar-refractivity contribution in [1.82, 2.24) is 29.4 Å². The topological polar surface area (TPSA) is 125 Å². The van der Waals surface area contributed by atoms with Gasteiger partial charge in [0.25, 0.3) is 5.91 Å². The summed E-state index contributed by atoms with van der Waals surface area (Å²) in [6.45, 7) is 1.22. The number of benzene rings is 1. The van der Waals surface area contributed by atoms with Crippen LogP contribution in [0.1, 0.15) is 27.2 Å². The number of hydrogen-bond acceptors (Lipinski definition) is 7. The summed E-state index contributed by atoms with van der Waals surface area (Å²) in [5.74, 6) is -2.50. The Morgan fingerprint density at radius 1 is 1.05 bits per heavy atom. The van der Waals surface area contributed by atoms with Gasteiger partial charge in [0.15, 0.2) is 5.82 Å². The van der Waals surface area contributed by atoms with Crippen LogP contribution < -0.4 is 15.8 Å². The molecule has 0 spiro atoms. The fraction of sp³-hybridized carbons (Fsp3) is 0.160. The fourth-order valence-electron chi connectivity index (χ4n) is 4.15. The van der Waals surface area contributed by atoms with E-state index < -0.39 is 46.9 Å². The number of nitrogen functional groups attached to an aromatic ring is 1. The Morgan fingerprint density at radius 2 is 1.81 bits per heavy atom. The number of ether oxygens (including phenoxy) is 1. The highest BCUT2D eigenvalue weighted by molar-refractivity contribution is 6.05. The number of rotatable bonds is 6. The van der Waals surface area contributed by atoms with E-state index in [-0.39, 0.29) is 40.3 Å². The van der Waals surface area contributed by atoms with Gasteiger partial charge in [0.05, 0.1) is 40.9 Å². The first-order chi connectivity index (χ1) is 19.7. The van der Waals surface area contributed by atoms with E-state index in [1.54, 1.807) is 0 Å². The van der Waals surface area contributed by atoms with E-state index in [1.165, 1.54) is 36.3 Å². The Hall–Kier alpha value is -5.22. The van der Waals surface area contributed by atoms with Crippen molar-refractivity contribution in [3.8, 4) is 17.0 Å². The van der Waals surface area contributed by atoms with Crippen molar-refractivity contribution < 1.29 is 40.3 Å².